The summed E-state index contributed by atoms with van der Waals surface area (Å²) in [6, 6.07) is 7.15. The van der Waals surface area contributed by atoms with Crippen LogP contribution >= 0.6 is 11.6 Å². The third-order valence-electron chi connectivity index (χ3n) is 3.01. The van der Waals surface area contributed by atoms with E-state index in [1.807, 2.05) is 0 Å². The first-order chi connectivity index (χ1) is 11.8. The number of nitrogens with one attached hydrogen (secondary N) is 2. The second-order valence-corrected chi connectivity index (χ2v) is 7.62. The van der Waals surface area contributed by atoms with Crippen LogP contribution in [0.2, 0.25) is 5.02 Å². The highest BCUT2D eigenvalue weighted by molar-refractivity contribution is 7.89. The van der Waals surface area contributed by atoms with Gasteiger partial charge < -0.3 is 0 Å². The van der Waals surface area contributed by atoms with Crippen LogP contribution in [0.1, 0.15) is 29.8 Å². The normalized spacial score (nSPS) is 11.5. The van der Waals surface area contributed by atoms with Crippen LogP contribution in [0, 0.1) is 0 Å². The Morgan fingerprint density at radius 3 is 2.72 bits per heavy atom. The number of rotatable bonds is 7. The molecule has 1 heterocycles. The molecule has 1 aromatic carbocycles. The molecule has 0 fully saturated rings. The van der Waals surface area contributed by atoms with Crippen molar-refractivity contribution in [2.75, 3.05) is 0 Å². The highest BCUT2D eigenvalue weighted by Gasteiger charge is 2.19. The predicted octanol–water partition coefficient (Wildman–Crippen LogP) is 2.28. The monoisotopic (exact) mass is 383 g/mol. The topological polar surface area (TPSA) is 97.4 Å². The number of carbonyl (C=O) groups is 1. The maximum Gasteiger partial charge on any atom is 0.276 e. The van der Waals surface area contributed by atoms with Crippen molar-refractivity contribution in [2.45, 2.75) is 31.4 Å². The molecule has 0 atom stereocenters. The van der Waals surface area contributed by atoms with Crippen molar-refractivity contribution in [3.8, 4) is 0 Å². The van der Waals surface area contributed by atoms with Crippen LogP contribution in [-0.2, 0) is 21.5 Å². The molecule has 0 aliphatic carbocycles. The van der Waals surface area contributed by atoms with Gasteiger partial charge in [0, 0.05) is 18.4 Å². The van der Waals surface area contributed by atoms with Gasteiger partial charge in [0.15, 0.2) is 0 Å². The number of hydrogen-bond acceptors (Lipinski definition) is 5. The molecule has 0 aliphatic rings. The van der Waals surface area contributed by atoms with Crippen LogP contribution in [0.25, 0.3) is 0 Å². The summed E-state index contributed by atoms with van der Waals surface area (Å²) >= 11 is 6.00. The van der Waals surface area contributed by atoms with E-state index >= 15 is 0 Å². The first-order valence-electron chi connectivity index (χ1n) is 7.42. The standard InChI is InChI=1S/C16H18ClN3O4S/c1-11(2)20-25(22,23)13-5-6-15(17)14(8-13)16(21)19-24-10-12-4-3-7-18-9-12/h3-9,11,20H,10H2,1-2H3,(H,19,21). The molecule has 0 unspecified atom stereocenters. The van der Waals surface area contributed by atoms with Gasteiger partial charge in [0.1, 0.15) is 6.61 Å². The Hall–Kier alpha value is -2.00. The predicted molar refractivity (Wildman–Crippen MR) is 93.4 cm³/mol. The zero-order chi connectivity index (χ0) is 18.4. The van der Waals surface area contributed by atoms with Crippen LogP contribution in [0.15, 0.2) is 47.6 Å². The van der Waals surface area contributed by atoms with Gasteiger partial charge in [-0.25, -0.2) is 18.6 Å². The smallest absolute Gasteiger partial charge is 0.269 e. The third-order valence-corrected chi connectivity index (χ3v) is 5.00. The van der Waals surface area contributed by atoms with Crippen molar-refractivity contribution < 1.29 is 18.0 Å². The Bertz CT molecular complexity index is 842. The van der Waals surface area contributed by atoms with E-state index in [4.69, 9.17) is 16.4 Å². The third kappa shape index (κ3) is 5.50. The van der Waals surface area contributed by atoms with Crippen molar-refractivity contribution >= 4 is 27.5 Å². The molecule has 2 rings (SSSR count). The highest BCUT2D eigenvalue weighted by atomic mass is 35.5. The zero-order valence-corrected chi connectivity index (χ0v) is 15.3. The average molecular weight is 384 g/mol. The van der Waals surface area contributed by atoms with Crippen molar-refractivity contribution in [2.24, 2.45) is 0 Å². The SMILES string of the molecule is CC(C)NS(=O)(=O)c1ccc(Cl)c(C(=O)NOCc2cccnc2)c1. The average Bonchev–Trinajstić information content (AvgIpc) is 2.54. The van der Waals surface area contributed by atoms with Gasteiger partial charge in [0.2, 0.25) is 10.0 Å². The molecule has 1 aromatic heterocycles. The summed E-state index contributed by atoms with van der Waals surface area (Å²) in [6.45, 7) is 3.52. The zero-order valence-electron chi connectivity index (χ0n) is 13.7. The summed E-state index contributed by atoms with van der Waals surface area (Å²) in [4.78, 5) is 21.2. The molecule has 0 bridgehead atoms. The summed E-state index contributed by atoms with van der Waals surface area (Å²) in [5.74, 6) is -0.643. The van der Waals surface area contributed by atoms with E-state index in [1.165, 1.54) is 18.2 Å². The quantitative estimate of drug-likeness (QED) is 0.715. The van der Waals surface area contributed by atoms with E-state index < -0.39 is 15.9 Å². The van der Waals surface area contributed by atoms with Gasteiger partial charge in [0.05, 0.1) is 15.5 Å². The van der Waals surface area contributed by atoms with Gasteiger partial charge in [0.25, 0.3) is 5.91 Å². The molecular weight excluding hydrogens is 366 g/mol. The van der Waals surface area contributed by atoms with E-state index in [0.717, 1.165) is 5.56 Å². The molecule has 0 radical (unpaired) electrons. The maximum absolute atomic E-state index is 12.2. The molecule has 0 saturated heterocycles. The summed E-state index contributed by atoms with van der Waals surface area (Å²) in [5.41, 5.74) is 3.01. The first kappa shape index (κ1) is 19.3. The van der Waals surface area contributed by atoms with Crippen molar-refractivity contribution in [1.29, 1.82) is 0 Å². The summed E-state index contributed by atoms with van der Waals surface area (Å²) < 4.78 is 26.9. The fourth-order valence-electron chi connectivity index (χ4n) is 1.95. The van der Waals surface area contributed by atoms with Gasteiger partial charge in [-0.2, -0.15) is 0 Å². The number of carbonyl (C=O) groups excluding carboxylic acids is 1. The van der Waals surface area contributed by atoms with E-state index in [0.29, 0.717) is 0 Å². The minimum atomic E-state index is -3.73. The van der Waals surface area contributed by atoms with Crippen LogP contribution in [-0.4, -0.2) is 25.4 Å². The van der Waals surface area contributed by atoms with Gasteiger partial charge in [-0.1, -0.05) is 17.7 Å². The maximum atomic E-state index is 12.2. The lowest BCUT2D eigenvalue weighted by atomic mass is 10.2. The Morgan fingerprint density at radius 2 is 2.08 bits per heavy atom. The van der Waals surface area contributed by atoms with Gasteiger partial charge in [-0.05, 0) is 43.7 Å². The molecule has 134 valence electrons. The number of nitrogens with zero attached hydrogens (tertiary/aromatic N) is 1. The van der Waals surface area contributed by atoms with E-state index in [9.17, 15) is 13.2 Å². The van der Waals surface area contributed by atoms with Gasteiger partial charge in [-0.15, -0.1) is 0 Å². The molecular formula is C16H18ClN3O4S. The Kier molecular flexibility index (Phi) is 6.49. The lowest BCUT2D eigenvalue weighted by Gasteiger charge is -2.12. The highest BCUT2D eigenvalue weighted by Crippen LogP contribution is 2.20. The van der Waals surface area contributed by atoms with Crippen molar-refractivity contribution in [3.05, 3.63) is 58.9 Å². The molecule has 2 aromatic rings. The van der Waals surface area contributed by atoms with E-state index in [-0.39, 0.29) is 28.1 Å². The number of hydrogen-bond donors (Lipinski definition) is 2. The number of halogens is 1. The largest absolute Gasteiger partial charge is 0.276 e. The summed E-state index contributed by atoms with van der Waals surface area (Å²) in [6.07, 6.45) is 3.23. The van der Waals surface area contributed by atoms with Gasteiger partial charge >= 0.3 is 0 Å². The Morgan fingerprint density at radius 1 is 1.32 bits per heavy atom. The Balaban J connectivity index is 2.10. The second-order valence-electron chi connectivity index (χ2n) is 5.50. The number of hydroxylamine groups is 1. The number of amides is 1. The fourth-order valence-corrected chi connectivity index (χ4v) is 3.43. The molecule has 9 heteroatoms. The van der Waals surface area contributed by atoms with Crippen LogP contribution in [0.4, 0.5) is 0 Å². The fraction of sp³-hybridized carbons (Fsp3) is 0.250. The summed E-state index contributed by atoms with van der Waals surface area (Å²) in [5, 5.41) is 0.117. The summed E-state index contributed by atoms with van der Waals surface area (Å²) in [7, 11) is -3.73. The molecule has 0 aliphatic heterocycles. The first-order valence-corrected chi connectivity index (χ1v) is 9.28. The Labute approximate surface area is 151 Å². The molecule has 1 amide bonds. The minimum absolute atomic E-state index is 0.000477. The van der Waals surface area contributed by atoms with Crippen LogP contribution in [0.5, 0.6) is 0 Å². The number of sulfonamides is 1. The van der Waals surface area contributed by atoms with E-state index in [2.05, 4.69) is 15.2 Å². The van der Waals surface area contributed by atoms with Crippen LogP contribution in [0.3, 0.4) is 0 Å². The van der Waals surface area contributed by atoms with Crippen LogP contribution < -0.4 is 10.2 Å². The molecule has 0 spiro atoms. The second kappa shape index (κ2) is 8.39. The van der Waals surface area contributed by atoms with Crippen molar-refractivity contribution in [3.63, 3.8) is 0 Å². The van der Waals surface area contributed by atoms with Gasteiger partial charge in [-0.3, -0.25) is 14.6 Å². The number of pyridine rings is 1. The molecule has 25 heavy (non-hydrogen) atoms. The van der Waals surface area contributed by atoms with Crippen molar-refractivity contribution in [1.82, 2.24) is 15.2 Å². The lowest BCUT2D eigenvalue weighted by Crippen LogP contribution is -2.30. The number of benzene rings is 1. The molecule has 2 N–H and O–H groups in total. The van der Waals surface area contributed by atoms with E-state index in [1.54, 1.807) is 38.4 Å². The molecule has 0 saturated carbocycles. The minimum Gasteiger partial charge on any atom is -0.269 e. The molecule has 7 nitrogen and oxygen atoms in total. The number of aromatic nitrogens is 1. The lowest BCUT2D eigenvalue weighted by molar-refractivity contribution is 0.0232.